The SMILES string of the molecule is CC(=O)NO.Cl.Cl. The molecule has 0 saturated carbocycles. The molecule has 0 aliphatic carbocycles. The van der Waals surface area contributed by atoms with E-state index in [4.69, 9.17) is 5.21 Å². The molecule has 7 heavy (non-hydrogen) atoms. The van der Waals surface area contributed by atoms with Crippen LogP contribution in [0.3, 0.4) is 0 Å². The van der Waals surface area contributed by atoms with Crippen molar-refractivity contribution in [3.63, 3.8) is 0 Å². The summed E-state index contributed by atoms with van der Waals surface area (Å²) in [6.07, 6.45) is 0. The lowest BCUT2D eigenvalue weighted by molar-refractivity contribution is -0.126. The maximum atomic E-state index is 9.45. The summed E-state index contributed by atoms with van der Waals surface area (Å²) in [7, 11) is 0. The Hall–Kier alpha value is 0.01000. The van der Waals surface area contributed by atoms with Crippen LogP contribution in [0.4, 0.5) is 0 Å². The molecular formula is C2H7Cl2NO2. The van der Waals surface area contributed by atoms with E-state index in [-0.39, 0.29) is 24.8 Å². The van der Waals surface area contributed by atoms with Crippen LogP contribution in [0.1, 0.15) is 6.92 Å². The van der Waals surface area contributed by atoms with Gasteiger partial charge in [0, 0.05) is 6.92 Å². The minimum atomic E-state index is -0.440. The number of hydrogen-bond acceptors (Lipinski definition) is 2. The Labute approximate surface area is 53.9 Å². The molecule has 1 amide bonds. The van der Waals surface area contributed by atoms with E-state index in [0.717, 1.165) is 0 Å². The molecular weight excluding hydrogens is 141 g/mol. The minimum Gasteiger partial charge on any atom is -0.289 e. The predicted molar refractivity (Wildman–Crippen MR) is 30.1 cm³/mol. The van der Waals surface area contributed by atoms with E-state index in [1.807, 2.05) is 0 Å². The third-order valence-corrected chi connectivity index (χ3v) is 0.157. The molecule has 2 N–H and O–H groups in total. The first-order valence-corrected chi connectivity index (χ1v) is 1.18. The summed E-state index contributed by atoms with van der Waals surface area (Å²) in [5.74, 6) is -0.440. The lowest BCUT2D eigenvalue weighted by atomic mass is 10.8. The van der Waals surface area contributed by atoms with Crippen LogP contribution in [-0.4, -0.2) is 11.1 Å². The fourth-order valence-electron chi connectivity index (χ4n) is 0. The van der Waals surface area contributed by atoms with Crippen LogP contribution in [-0.2, 0) is 4.79 Å². The van der Waals surface area contributed by atoms with E-state index >= 15 is 0 Å². The molecule has 0 heterocycles. The van der Waals surface area contributed by atoms with Crippen LogP contribution >= 0.6 is 24.8 Å². The van der Waals surface area contributed by atoms with Crippen LogP contribution in [0.15, 0.2) is 0 Å². The Kier molecular flexibility index (Phi) is 21.1. The van der Waals surface area contributed by atoms with Gasteiger partial charge in [-0.15, -0.1) is 24.8 Å². The summed E-state index contributed by atoms with van der Waals surface area (Å²) in [4.78, 5) is 9.45. The average molecular weight is 148 g/mol. The number of amides is 1. The third kappa shape index (κ3) is 23.9. The van der Waals surface area contributed by atoms with Crippen LogP contribution in [0.25, 0.3) is 0 Å². The highest BCUT2D eigenvalue weighted by molar-refractivity contribution is 5.85. The Morgan fingerprint density at radius 2 is 1.71 bits per heavy atom. The maximum Gasteiger partial charge on any atom is 0.240 e. The largest absolute Gasteiger partial charge is 0.289 e. The molecule has 0 unspecified atom stereocenters. The first-order chi connectivity index (χ1) is 2.27. The molecule has 0 spiro atoms. The quantitative estimate of drug-likeness (QED) is 0.384. The van der Waals surface area contributed by atoms with E-state index < -0.39 is 5.91 Å². The summed E-state index contributed by atoms with van der Waals surface area (Å²) in [5, 5.41) is 7.54. The van der Waals surface area contributed by atoms with Gasteiger partial charge >= 0.3 is 0 Å². The molecule has 0 saturated heterocycles. The number of hydroxylamine groups is 1. The normalized spacial score (nSPS) is 4.86. The van der Waals surface area contributed by atoms with Gasteiger partial charge < -0.3 is 0 Å². The van der Waals surface area contributed by atoms with E-state index in [9.17, 15) is 4.79 Å². The summed E-state index contributed by atoms with van der Waals surface area (Å²) >= 11 is 0. The summed E-state index contributed by atoms with van der Waals surface area (Å²) in [6.45, 7) is 1.22. The Morgan fingerprint density at radius 1 is 1.57 bits per heavy atom. The standard InChI is InChI=1S/C2H5NO2.2ClH/c1-2(4)3-5;;/h5H,1H3,(H,3,4);2*1H. The number of carbonyl (C=O) groups is 1. The van der Waals surface area contributed by atoms with Crippen molar-refractivity contribution in [2.45, 2.75) is 6.92 Å². The first kappa shape index (κ1) is 15.7. The maximum absolute atomic E-state index is 9.45. The van der Waals surface area contributed by atoms with Gasteiger partial charge in [-0.05, 0) is 0 Å². The molecule has 0 aliphatic rings. The van der Waals surface area contributed by atoms with E-state index in [1.165, 1.54) is 12.4 Å². The number of hydrogen-bond donors (Lipinski definition) is 2. The summed E-state index contributed by atoms with van der Waals surface area (Å²) in [5.41, 5.74) is 1.39. The van der Waals surface area contributed by atoms with Crippen molar-refractivity contribution < 1.29 is 10.0 Å². The molecule has 0 bridgehead atoms. The van der Waals surface area contributed by atoms with Gasteiger partial charge in [-0.1, -0.05) is 0 Å². The smallest absolute Gasteiger partial charge is 0.240 e. The van der Waals surface area contributed by atoms with Gasteiger partial charge in [0.1, 0.15) is 0 Å². The second kappa shape index (κ2) is 9.38. The highest BCUT2D eigenvalue weighted by atomic mass is 35.5. The van der Waals surface area contributed by atoms with Crippen molar-refractivity contribution in [3.05, 3.63) is 0 Å². The zero-order chi connectivity index (χ0) is 4.28. The average Bonchev–Trinajstić information content (AvgIpc) is 1.38. The van der Waals surface area contributed by atoms with E-state index in [0.29, 0.717) is 0 Å². The summed E-state index contributed by atoms with van der Waals surface area (Å²) in [6, 6.07) is 0. The van der Waals surface area contributed by atoms with Gasteiger partial charge in [-0.3, -0.25) is 10.0 Å². The second-order valence-electron chi connectivity index (χ2n) is 0.668. The molecule has 0 atom stereocenters. The molecule has 0 rings (SSSR count). The van der Waals surface area contributed by atoms with Gasteiger partial charge in [-0.25, -0.2) is 5.48 Å². The van der Waals surface area contributed by atoms with Crippen LogP contribution in [0.5, 0.6) is 0 Å². The molecule has 46 valence electrons. The third-order valence-electron chi connectivity index (χ3n) is 0.157. The highest BCUT2D eigenvalue weighted by Crippen LogP contribution is 1.44. The minimum absolute atomic E-state index is 0. The van der Waals surface area contributed by atoms with Crippen LogP contribution < -0.4 is 5.48 Å². The molecule has 0 aromatic rings. The Balaban J connectivity index is -0.0000000800. The van der Waals surface area contributed by atoms with Crippen molar-refractivity contribution in [2.75, 3.05) is 0 Å². The predicted octanol–water partition coefficient (Wildman–Crippen LogP) is 0.355. The highest BCUT2D eigenvalue weighted by Gasteiger charge is 1.74. The van der Waals surface area contributed by atoms with Crippen molar-refractivity contribution in [1.29, 1.82) is 0 Å². The van der Waals surface area contributed by atoms with Crippen molar-refractivity contribution in [3.8, 4) is 0 Å². The van der Waals surface area contributed by atoms with Crippen molar-refractivity contribution in [1.82, 2.24) is 5.48 Å². The number of halogens is 2. The van der Waals surface area contributed by atoms with Crippen molar-refractivity contribution >= 4 is 30.7 Å². The molecule has 0 aromatic carbocycles. The fraction of sp³-hybridized carbons (Fsp3) is 0.500. The molecule has 0 fully saturated rings. The summed E-state index contributed by atoms with van der Waals surface area (Å²) < 4.78 is 0. The first-order valence-electron chi connectivity index (χ1n) is 1.18. The van der Waals surface area contributed by atoms with Gasteiger partial charge in [0.2, 0.25) is 5.91 Å². The number of carbonyl (C=O) groups excluding carboxylic acids is 1. The van der Waals surface area contributed by atoms with Crippen LogP contribution in [0.2, 0.25) is 0 Å². The zero-order valence-corrected chi connectivity index (χ0v) is 5.30. The van der Waals surface area contributed by atoms with Gasteiger partial charge in [-0.2, -0.15) is 0 Å². The van der Waals surface area contributed by atoms with Crippen LogP contribution in [0, 0.1) is 0 Å². The molecule has 0 radical (unpaired) electrons. The zero-order valence-electron chi connectivity index (χ0n) is 3.67. The molecule has 5 heteroatoms. The topological polar surface area (TPSA) is 49.3 Å². The Morgan fingerprint density at radius 3 is 1.71 bits per heavy atom. The van der Waals surface area contributed by atoms with Gasteiger partial charge in [0.05, 0.1) is 0 Å². The van der Waals surface area contributed by atoms with Gasteiger partial charge in [0.25, 0.3) is 0 Å². The number of nitrogens with one attached hydrogen (secondary N) is 1. The lowest BCUT2D eigenvalue weighted by Crippen LogP contribution is -2.12. The molecule has 3 nitrogen and oxygen atoms in total. The number of rotatable bonds is 0. The van der Waals surface area contributed by atoms with Crippen molar-refractivity contribution in [2.24, 2.45) is 0 Å². The molecule has 0 aliphatic heterocycles. The van der Waals surface area contributed by atoms with E-state index in [1.54, 1.807) is 0 Å². The van der Waals surface area contributed by atoms with E-state index in [2.05, 4.69) is 0 Å². The van der Waals surface area contributed by atoms with Gasteiger partial charge in [0.15, 0.2) is 0 Å². The fourth-order valence-corrected chi connectivity index (χ4v) is 0. The Bertz CT molecular complexity index is 49.0. The molecule has 0 aromatic heterocycles. The second-order valence-corrected chi connectivity index (χ2v) is 0.668. The monoisotopic (exact) mass is 147 g/mol. The lowest BCUT2D eigenvalue weighted by Gasteiger charge is -1.78.